The molecule has 1 amide bonds. The minimum absolute atomic E-state index is 0.189. The van der Waals surface area contributed by atoms with Gasteiger partial charge < -0.3 is 14.1 Å². The van der Waals surface area contributed by atoms with Gasteiger partial charge >= 0.3 is 5.97 Å². The molecule has 3 aromatic rings. The number of thiazole rings is 1. The summed E-state index contributed by atoms with van der Waals surface area (Å²) >= 11 is 1.34. The van der Waals surface area contributed by atoms with E-state index in [1.807, 2.05) is 6.07 Å². The molecule has 0 spiro atoms. The van der Waals surface area contributed by atoms with Crippen molar-refractivity contribution in [1.82, 2.24) is 9.88 Å². The maximum atomic E-state index is 12.7. The highest BCUT2D eigenvalue weighted by Crippen LogP contribution is 2.29. The van der Waals surface area contributed by atoms with Crippen molar-refractivity contribution in [2.24, 2.45) is 0 Å². The average molecular weight is 370 g/mol. The van der Waals surface area contributed by atoms with Crippen molar-refractivity contribution in [2.75, 3.05) is 14.1 Å². The molecule has 0 aliphatic heterocycles. The molecule has 2 aromatic heterocycles. The number of likely N-dealkylation sites (N-methyl/N-ethyl adjacent to an activating group) is 1. The molecule has 0 radical (unpaired) electrons. The van der Waals surface area contributed by atoms with Crippen LogP contribution in [0.5, 0.6) is 0 Å². The van der Waals surface area contributed by atoms with Crippen LogP contribution < -0.4 is 0 Å². The maximum absolute atomic E-state index is 12.7. The van der Waals surface area contributed by atoms with Crippen LogP contribution in [-0.2, 0) is 9.53 Å². The highest BCUT2D eigenvalue weighted by molar-refractivity contribution is 7.15. The van der Waals surface area contributed by atoms with Gasteiger partial charge in [-0.05, 0) is 19.1 Å². The topological polar surface area (TPSA) is 72.6 Å². The smallest absolute Gasteiger partial charge is 0.359 e. The first kappa shape index (κ1) is 17.9. The summed E-state index contributed by atoms with van der Waals surface area (Å²) in [6, 6.07) is 12.5. The Hall–Kier alpha value is -2.93. The molecule has 1 atom stereocenters. The van der Waals surface area contributed by atoms with Gasteiger partial charge in [0.1, 0.15) is 0 Å². The first-order chi connectivity index (χ1) is 12.5. The molecule has 0 fully saturated rings. The van der Waals surface area contributed by atoms with E-state index in [4.69, 9.17) is 9.15 Å². The van der Waals surface area contributed by atoms with Crippen LogP contribution in [0, 0.1) is 6.92 Å². The fourth-order valence-corrected chi connectivity index (χ4v) is 3.25. The Kier molecular flexibility index (Phi) is 5.18. The number of furan rings is 1. The summed E-state index contributed by atoms with van der Waals surface area (Å²) in [6.07, 6.45) is 0.525. The minimum Gasteiger partial charge on any atom is -0.462 e. The van der Waals surface area contributed by atoms with Gasteiger partial charge in [0, 0.05) is 24.5 Å². The highest BCUT2D eigenvalue weighted by atomic mass is 32.1. The molecule has 7 heteroatoms. The van der Waals surface area contributed by atoms with Gasteiger partial charge in [0.2, 0.25) is 6.10 Å². The van der Waals surface area contributed by atoms with Gasteiger partial charge in [-0.2, -0.15) is 0 Å². The highest BCUT2D eigenvalue weighted by Gasteiger charge is 2.29. The Balaban J connectivity index is 1.88. The van der Waals surface area contributed by atoms with Crippen molar-refractivity contribution >= 4 is 23.2 Å². The molecule has 1 aromatic carbocycles. The van der Waals surface area contributed by atoms with Crippen molar-refractivity contribution in [3.05, 3.63) is 64.9 Å². The van der Waals surface area contributed by atoms with Crippen LogP contribution in [0.3, 0.4) is 0 Å². The second-order valence-corrected chi connectivity index (χ2v) is 7.03. The molecule has 0 aliphatic rings. The van der Waals surface area contributed by atoms with E-state index in [-0.39, 0.29) is 11.6 Å². The van der Waals surface area contributed by atoms with E-state index in [2.05, 4.69) is 4.98 Å². The predicted molar refractivity (Wildman–Crippen MR) is 97.8 cm³/mol. The summed E-state index contributed by atoms with van der Waals surface area (Å²) in [4.78, 5) is 31.6. The lowest BCUT2D eigenvalue weighted by Gasteiger charge is -2.21. The number of aryl methyl sites for hydroxylation is 1. The van der Waals surface area contributed by atoms with Crippen LogP contribution in [0.1, 0.15) is 27.0 Å². The number of hydrogen-bond acceptors (Lipinski definition) is 6. The lowest BCUT2D eigenvalue weighted by atomic mass is 10.1. The third-order valence-corrected chi connectivity index (χ3v) is 4.70. The maximum Gasteiger partial charge on any atom is 0.359 e. The van der Waals surface area contributed by atoms with Crippen molar-refractivity contribution in [1.29, 1.82) is 0 Å². The van der Waals surface area contributed by atoms with Crippen LogP contribution >= 0.6 is 11.3 Å². The van der Waals surface area contributed by atoms with Crippen molar-refractivity contribution in [2.45, 2.75) is 13.0 Å². The molecular weight excluding hydrogens is 352 g/mol. The first-order valence-corrected chi connectivity index (χ1v) is 8.77. The van der Waals surface area contributed by atoms with Crippen LogP contribution in [-0.4, -0.2) is 35.9 Å². The molecule has 0 aliphatic carbocycles. The summed E-state index contributed by atoms with van der Waals surface area (Å²) in [5.41, 5.74) is 0.799. The largest absolute Gasteiger partial charge is 0.462 e. The number of aromatic nitrogens is 1. The molecule has 26 heavy (non-hydrogen) atoms. The molecular formula is C19H18N2O4S. The average Bonchev–Trinajstić information content (AvgIpc) is 3.29. The fraction of sp³-hybridized carbons (Fsp3) is 0.211. The second kappa shape index (κ2) is 7.53. The third-order valence-electron chi connectivity index (χ3n) is 3.71. The first-order valence-electron chi connectivity index (χ1n) is 7.95. The Morgan fingerprint density at radius 3 is 2.50 bits per heavy atom. The molecule has 2 heterocycles. The molecule has 0 saturated carbocycles. The summed E-state index contributed by atoms with van der Waals surface area (Å²) in [5, 5.41) is 0.592. The van der Waals surface area contributed by atoms with Crippen molar-refractivity contribution < 1.29 is 18.7 Å². The standard InChI is InChI=1S/C19H18N2O4S/c1-12-15(20-17(26-12)14-10-7-11-24-14)19(23)25-16(18(22)21(2)3)13-8-5-4-6-9-13/h4-11,16H,1-3H3. The summed E-state index contributed by atoms with van der Waals surface area (Å²) in [6.45, 7) is 1.78. The third kappa shape index (κ3) is 3.67. The Morgan fingerprint density at radius 1 is 1.15 bits per heavy atom. The quantitative estimate of drug-likeness (QED) is 0.640. The summed E-state index contributed by atoms with van der Waals surface area (Å²) in [7, 11) is 3.24. The van der Waals surface area contributed by atoms with Crippen molar-refractivity contribution in [3.63, 3.8) is 0 Å². The Bertz CT molecular complexity index is 901. The van der Waals surface area contributed by atoms with Gasteiger partial charge in [-0.3, -0.25) is 4.79 Å². The van der Waals surface area contributed by atoms with E-state index in [0.29, 0.717) is 21.2 Å². The van der Waals surface area contributed by atoms with Crippen LogP contribution in [0.2, 0.25) is 0 Å². The van der Waals surface area contributed by atoms with Gasteiger partial charge in [0.25, 0.3) is 5.91 Å². The normalized spacial score (nSPS) is 11.8. The molecule has 0 bridgehead atoms. The molecule has 0 saturated heterocycles. The van der Waals surface area contributed by atoms with E-state index in [1.165, 1.54) is 16.2 Å². The summed E-state index contributed by atoms with van der Waals surface area (Å²) in [5.74, 6) is -0.370. The Labute approximate surface area is 155 Å². The zero-order chi connectivity index (χ0) is 18.7. The number of rotatable bonds is 5. The number of benzene rings is 1. The Morgan fingerprint density at radius 2 is 1.88 bits per heavy atom. The number of nitrogens with zero attached hydrogens (tertiary/aromatic N) is 2. The SMILES string of the molecule is Cc1sc(-c2ccco2)nc1C(=O)OC(C(=O)N(C)C)c1ccccc1. The molecule has 6 nitrogen and oxygen atoms in total. The van der Waals surface area contributed by atoms with Gasteiger partial charge in [0.15, 0.2) is 16.5 Å². The van der Waals surface area contributed by atoms with Crippen LogP contribution in [0.25, 0.3) is 10.8 Å². The van der Waals surface area contributed by atoms with E-state index >= 15 is 0 Å². The number of amides is 1. The fourth-order valence-electron chi connectivity index (χ4n) is 2.38. The van der Waals surface area contributed by atoms with Crippen LogP contribution in [0.15, 0.2) is 53.1 Å². The van der Waals surface area contributed by atoms with Gasteiger partial charge in [-0.1, -0.05) is 30.3 Å². The van der Waals surface area contributed by atoms with E-state index < -0.39 is 12.1 Å². The lowest BCUT2D eigenvalue weighted by molar-refractivity contribution is -0.138. The van der Waals surface area contributed by atoms with Crippen LogP contribution in [0.4, 0.5) is 0 Å². The second-order valence-electron chi connectivity index (χ2n) is 5.83. The summed E-state index contributed by atoms with van der Waals surface area (Å²) < 4.78 is 10.9. The zero-order valence-corrected chi connectivity index (χ0v) is 15.4. The molecule has 0 N–H and O–H groups in total. The van der Waals surface area contributed by atoms with E-state index in [0.717, 1.165) is 0 Å². The number of carbonyl (C=O) groups is 2. The van der Waals surface area contributed by atoms with E-state index in [1.54, 1.807) is 63.7 Å². The zero-order valence-electron chi connectivity index (χ0n) is 14.6. The number of hydrogen-bond donors (Lipinski definition) is 0. The lowest BCUT2D eigenvalue weighted by Crippen LogP contribution is -2.31. The van der Waals surface area contributed by atoms with Gasteiger partial charge in [0.05, 0.1) is 6.26 Å². The molecule has 3 rings (SSSR count). The number of ether oxygens (including phenoxy) is 1. The number of carbonyl (C=O) groups excluding carboxylic acids is 2. The molecule has 1 unspecified atom stereocenters. The van der Waals surface area contributed by atoms with Gasteiger partial charge in [-0.15, -0.1) is 11.3 Å². The minimum atomic E-state index is -1.02. The predicted octanol–water partition coefficient (Wildman–Crippen LogP) is 3.70. The monoisotopic (exact) mass is 370 g/mol. The van der Waals surface area contributed by atoms with Crippen molar-refractivity contribution in [3.8, 4) is 10.8 Å². The van der Waals surface area contributed by atoms with Gasteiger partial charge in [-0.25, -0.2) is 9.78 Å². The number of esters is 1. The molecule has 134 valence electrons. The van der Waals surface area contributed by atoms with E-state index in [9.17, 15) is 9.59 Å².